The van der Waals surface area contributed by atoms with Crippen LogP contribution in [0.25, 0.3) is 0 Å². The first kappa shape index (κ1) is 10.6. The lowest BCUT2D eigenvalue weighted by molar-refractivity contribution is 0.159. The van der Waals surface area contributed by atoms with Crippen LogP contribution >= 0.6 is 0 Å². The summed E-state index contributed by atoms with van der Waals surface area (Å²) in [5.41, 5.74) is -0.359. The molecule has 0 aromatic heterocycles. The summed E-state index contributed by atoms with van der Waals surface area (Å²) in [6.07, 6.45) is -1.15. The van der Waals surface area contributed by atoms with Crippen molar-refractivity contribution in [1.82, 2.24) is 0 Å². The molecule has 0 saturated carbocycles. The van der Waals surface area contributed by atoms with Crippen molar-refractivity contribution in [2.45, 2.75) is 18.9 Å². The minimum Gasteiger partial charge on any atom is -0.388 e. The number of nitrogens with zero attached hydrogens (tertiary/aromatic N) is 1. The van der Waals surface area contributed by atoms with E-state index in [1.807, 2.05) is 0 Å². The number of hydrogen-bond donors (Lipinski definition) is 1. The molecule has 1 rings (SSSR count). The Balaban J connectivity index is 2.89. The molecular weight excluding hydrogens is 188 g/mol. The molecule has 0 radical (unpaired) electrons. The Morgan fingerprint density at radius 2 is 1.93 bits per heavy atom. The fourth-order valence-electron chi connectivity index (χ4n) is 1.17. The Labute approximate surface area is 80.4 Å². The van der Waals surface area contributed by atoms with Gasteiger partial charge in [-0.15, -0.1) is 0 Å². The van der Waals surface area contributed by atoms with E-state index in [2.05, 4.69) is 0 Å². The van der Waals surface area contributed by atoms with Crippen LogP contribution in [0.2, 0.25) is 0 Å². The number of nitriles is 1. The minimum atomic E-state index is -1.25. The predicted octanol–water partition coefficient (Wildman–Crippen LogP) is 2.30. The summed E-state index contributed by atoms with van der Waals surface area (Å²) in [6, 6.07) is 5.18. The highest BCUT2D eigenvalue weighted by atomic mass is 19.1. The van der Waals surface area contributed by atoms with Crippen LogP contribution in [0.4, 0.5) is 8.78 Å². The standard InChI is InChI=1S/C10H9F2NO/c11-7-3-1-4-8(12)10(7)9(14)5-2-6-13/h1,3-4,9,14H,2,5H2. The van der Waals surface area contributed by atoms with Crippen molar-refractivity contribution < 1.29 is 13.9 Å². The molecule has 14 heavy (non-hydrogen) atoms. The summed E-state index contributed by atoms with van der Waals surface area (Å²) in [6.45, 7) is 0. The number of aliphatic hydroxyl groups excluding tert-OH is 1. The summed E-state index contributed by atoms with van der Waals surface area (Å²) in [5, 5.41) is 17.6. The van der Waals surface area contributed by atoms with Gasteiger partial charge in [0.15, 0.2) is 0 Å². The van der Waals surface area contributed by atoms with Crippen molar-refractivity contribution in [1.29, 1.82) is 5.26 Å². The Hall–Kier alpha value is -1.47. The first-order chi connectivity index (χ1) is 6.66. The zero-order chi connectivity index (χ0) is 10.6. The van der Waals surface area contributed by atoms with Gasteiger partial charge in [-0.2, -0.15) is 5.26 Å². The highest BCUT2D eigenvalue weighted by Gasteiger charge is 2.16. The Morgan fingerprint density at radius 1 is 1.36 bits per heavy atom. The molecule has 0 aliphatic heterocycles. The van der Waals surface area contributed by atoms with Crippen molar-refractivity contribution in [3.05, 3.63) is 35.4 Å². The summed E-state index contributed by atoms with van der Waals surface area (Å²) < 4.78 is 26.1. The second-order valence-corrected chi connectivity index (χ2v) is 2.85. The topological polar surface area (TPSA) is 44.0 Å². The van der Waals surface area contributed by atoms with E-state index in [4.69, 9.17) is 5.26 Å². The molecular formula is C10H9F2NO. The third-order valence-electron chi connectivity index (χ3n) is 1.86. The molecule has 0 heterocycles. The summed E-state index contributed by atoms with van der Waals surface area (Å²) in [5.74, 6) is -1.56. The minimum absolute atomic E-state index is 0.0361. The molecule has 0 bridgehead atoms. The van der Waals surface area contributed by atoms with Crippen LogP contribution in [0.3, 0.4) is 0 Å². The van der Waals surface area contributed by atoms with Gasteiger partial charge < -0.3 is 5.11 Å². The molecule has 2 nitrogen and oxygen atoms in total. The smallest absolute Gasteiger partial charge is 0.131 e. The largest absolute Gasteiger partial charge is 0.388 e. The Kier molecular flexibility index (Phi) is 3.55. The zero-order valence-electron chi connectivity index (χ0n) is 7.37. The maximum absolute atomic E-state index is 13.0. The second-order valence-electron chi connectivity index (χ2n) is 2.85. The molecule has 0 aliphatic rings. The van der Waals surface area contributed by atoms with Crippen LogP contribution in [0.15, 0.2) is 18.2 Å². The predicted molar refractivity (Wildman–Crippen MR) is 46.2 cm³/mol. The van der Waals surface area contributed by atoms with Gasteiger partial charge in [-0.25, -0.2) is 8.78 Å². The number of halogens is 2. The van der Waals surface area contributed by atoms with Gasteiger partial charge in [-0.3, -0.25) is 0 Å². The molecule has 0 saturated heterocycles. The van der Waals surface area contributed by atoms with Crippen molar-refractivity contribution in [2.24, 2.45) is 0 Å². The van der Waals surface area contributed by atoms with Crippen LogP contribution < -0.4 is 0 Å². The monoisotopic (exact) mass is 197 g/mol. The normalized spacial score (nSPS) is 12.1. The molecule has 0 spiro atoms. The lowest BCUT2D eigenvalue weighted by Gasteiger charge is -2.10. The van der Waals surface area contributed by atoms with Crippen molar-refractivity contribution in [3.63, 3.8) is 0 Å². The summed E-state index contributed by atoms with van der Waals surface area (Å²) >= 11 is 0. The van der Waals surface area contributed by atoms with E-state index in [0.717, 1.165) is 12.1 Å². The van der Waals surface area contributed by atoms with Gasteiger partial charge in [0.2, 0.25) is 0 Å². The fourth-order valence-corrected chi connectivity index (χ4v) is 1.17. The van der Waals surface area contributed by atoms with E-state index in [0.29, 0.717) is 0 Å². The third-order valence-corrected chi connectivity index (χ3v) is 1.86. The molecule has 1 atom stereocenters. The molecule has 1 aromatic rings. The SMILES string of the molecule is N#CCCC(O)c1c(F)cccc1F. The molecule has 1 N–H and O–H groups in total. The average molecular weight is 197 g/mol. The highest BCUT2D eigenvalue weighted by Crippen LogP contribution is 2.23. The quantitative estimate of drug-likeness (QED) is 0.807. The number of benzene rings is 1. The molecule has 0 amide bonds. The van der Waals surface area contributed by atoms with Crippen molar-refractivity contribution in [2.75, 3.05) is 0 Å². The van der Waals surface area contributed by atoms with Crippen LogP contribution in [0.1, 0.15) is 24.5 Å². The van der Waals surface area contributed by atoms with E-state index in [9.17, 15) is 13.9 Å². The van der Waals surface area contributed by atoms with Gasteiger partial charge in [0.1, 0.15) is 11.6 Å². The van der Waals surface area contributed by atoms with E-state index in [1.54, 1.807) is 6.07 Å². The average Bonchev–Trinajstić information content (AvgIpc) is 2.14. The molecule has 0 aliphatic carbocycles. The van der Waals surface area contributed by atoms with Crippen LogP contribution in [0, 0.1) is 23.0 Å². The summed E-state index contributed by atoms with van der Waals surface area (Å²) in [4.78, 5) is 0. The van der Waals surface area contributed by atoms with E-state index in [-0.39, 0.29) is 18.4 Å². The lowest BCUT2D eigenvalue weighted by Crippen LogP contribution is -2.03. The molecule has 1 aromatic carbocycles. The first-order valence-corrected chi connectivity index (χ1v) is 4.15. The van der Waals surface area contributed by atoms with E-state index in [1.165, 1.54) is 6.07 Å². The van der Waals surface area contributed by atoms with E-state index < -0.39 is 17.7 Å². The summed E-state index contributed by atoms with van der Waals surface area (Å²) in [7, 11) is 0. The van der Waals surface area contributed by atoms with Gasteiger partial charge in [0.25, 0.3) is 0 Å². The molecule has 1 unspecified atom stereocenters. The van der Waals surface area contributed by atoms with Crippen LogP contribution in [-0.4, -0.2) is 5.11 Å². The van der Waals surface area contributed by atoms with E-state index >= 15 is 0 Å². The van der Waals surface area contributed by atoms with Gasteiger partial charge in [-0.1, -0.05) is 6.07 Å². The lowest BCUT2D eigenvalue weighted by atomic mass is 10.0. The van der Waals surface area contributed by atoms with Gasteiger partial charge >= 0.3 is 0 Å². The van der Waals surface area contributed by atoms with Gasteiger partial charge in [-0.05, 0) is 18.6 Å². The number of aliphatic hydroxyl groups is 1. The Morgan fingerprint density at radius 3 is 2.43 bits per heavy atom. The van der Waals surface area contributed by atoms with Crippen LogP contribution in [-0.2, 0) is 0 Å². The maximum Gasteiger partial charge on any atom is 0.131 e. The maximum atomic E-state index is 13.0. The number of hydrogen-bond acceptors (Lipinski definition) is 2. The first-order valence-electron chi connectivity index (χ1n) is 4.15. The van der Waals surface area contributed by atoms with Crippen molar-refractivity contribution >= 4 is 0 Å². The Bertz CT molecular complexity index is 339. The zero-order valence-corrected chi connectivity index (χ0v) is 7.37. The molecule has 4 heteroatoms. The van der Waals surface area contributed by atoms with Gasteiger partial charge in [0, 0.05) is 6.42 Å². The molecule has 0 fully saturated rings. The third kappa shape index (κ3) is 2.27. The fraction of sp³-hybridized carbons (Fsp3) is 0.300. The highest BCUT2D eigenvalue weighted by molar-refractivity contribution is 5.22. The second kappa shape index (κ2) is 4.68. The van der Waals surface area contributed by atoms with Crippen molar-refractivity contribution in [3.8, 4) is 6.07 Å². The number of rotatable bonds is 3. The molecule has 74 valence electrons. The van der Waals surface area contributed by atoms with Crippen LogP contribution in [0.5, 0.6) is 0 Å². The van der Waals surface area contributed by atoms with Gasteiger partial charge in [0.05, 0.1) is 17.7 Å².